The van der Waals surface area contributed by atoms with Crippen LogP contribution >= 0.6 is 11.3 Å². The molecular formula is C17H21N3O2S. The summed E-state index contributed by atoms with van der Waals surface area (Å²) in [6, 6.07) is 7.39. The molecule has 1 aromatic carbocycles. The van der Waals surface area contributed by atoms with E-state index in [1.165, 1.54) is 11.3 Å². The molecule has 0 saturated carbocycles. The Labute approximate surface area is 140 Å². The number of anilines is 1. The summed E-state index contributed by atoms with van der Waals surface area (Å²) in [6.45, 7) is 6.56. The molecule has 0 unspecified atom stereocenters. The summed E-state index contributed by atoms with van der Waals surface area (Å²) in [5.41, 5.74) is 1.69. The molecule has 2 amide bonds. The molecule has 23 heavy (non-hydrogen) atoms. The Bertz CT molecular complexity index is 651. The minimum absolute atomic E-state index is 0.0183. The predicted molar refractivity (Wildman–Crippen MR) is 92.7 cm³/mol. The predicted octanol–water partition coefficient (Wildman–Crippen LogP) is 3.19. The SMILES string of the molecule is Cc1ccc(C(=O)N(CC(=O)Nc2nccs2)CC(C)C)cc1. The molecule has 0 aliphatic carbocycles. The average molecular weight is 331 g/mol. The van der Waals surface area contributed by atoms with E-state index in [-0.39, 0.29) is 24.3 Å². The molecule has 1 heterocycles. The van der Waals surface area contributed by atoms with E-state index in [1.54, 1.807) is 28.6 Å². The number of hydrogen-bond donors (Lipinski definition) is 1. The number of aryl methyl sites for hydroxylation is 1. The summed E-state index contributed by atoms with van der Waals surface area (Å²) in [5.74, 6) is -0.0916. The molecule has 0 radical (unpaired) electrons. The fourth-order valence-corrected chi connectivity index (χ4v) is 2.70. The highest BCUT2D eigenvalue weighted by molar-refractivity contribution is 7.13. The maximum Gasteiger partial charge on any atom is 0.254 e. The van der Waals surface area contributed by atoms with Gasteiger partial charge in [0.2, 0.25) is 5.91 Å². The van der Waals surface area contributed by atoms with E-state index in [0.29, 0.717) is 17.2 Å². The third kappa shape index (κ3) is 5.17. The number of carbonyl (C=O) groups excluding carboxylic acids is 2. The van der Waals surface area contributed by atoms with Crippen molar-refractivity contribution in [2.75, 3.05) is 18.4 Å². The van der Waals surface area contributed by atoms with Crippen LogP contribution in [0.2, 0.25) is 0 Å². The summed E-state index contributed by atoms with van der Waals surface area (Å²) >= 11 is 1.35. The van der Waals surface area contributed by atoms with Crippen LogP contribution in [0.1, 0.15) is 29.8 Å². The fourth-order valence-electron chi connectivity index (χ4n) is 2.16. The standard InChI is InChI=1S/C17H21N3O2S/c1-12(2)10-20(11-15(21)19-17-18-8-9-23-17)16(22)14-6-4-13(3)5-7-14/h4-9,12H,10-11H2,1-3H3,(H,18,19,21). The van der Waals surface area contributed by atoms with Crippen molar-refractivity contribution < 1.29 is 9.59 Å². The Morgan fingerprint density at radius 1 is 1.26 bits per heavy atom. The van der Waals surface area contributed by atoms with Crippen molar-refractivity contribution in [3.8, 4) is 0 Å². The molecule has 5 nitrogen and oxygen atoms in total. The van der Waals surface area contributed by atoms with Gasteiger partial charge in [0.15, 0.2) is 5.13 Å². The Kier molecular flexibility index (Phi) is 5.87. The number of carbonyl (C=O) groups is 2. The van der Waals surface area contributed by atoms with E-state index in [1.807, 2.05) is 32.9 Å². The summed E-state index contributed by atoms with van der Waals surface area (Å²) in [6.07, 6.45) is 1.63. The third-order valence-electron chi connectivity index (χ3n) is 3.18. The zero-order valence-electron chi connectivity index (χ0n) is 13.6. The molecular weight excluding hydrogens is 310 g/mol. The first-order valence-electron chi connectivity index (χ1n) is 7.51. The Hall–Kier alpha value is -2.21. The molecule has 6 heteroatoms. The number of thiazole rings is 1. The summed E-state index contributed by atoms with van der Waals surface area (Å²) < 4.78 is 0. The monoisotopic (exact) mass is 331 g/mol. The van der Waals surface area contributed by atoms with Crippen LogP contribution in [0.5, 0.6) is 0 Å². The van der Waals surface area contributed by atoms with Crippen molar-refractivity contribution in [3.05, 3.63) is 47.0 Å². The van der Waals surface area contributed by atoms with Crippen LogP contribution in [0, 0.1) is 12.8 Å². The summed E-state index contributed by atoms with van der Waals surface area (Å²) in [7, 11) is 0. The highest BCUT2D eigenvalue weighted by Crippen LogP contribution is 2.12. The largest absolute Gasteiger partial charge is 0.329 e. The number of nitrogens with one attached hydrogen (secondary N) is 1. The van der Waals surface area contributed by atoms with Gasteiger partial charge in [-0.1, -0.05) is 31.5 Å². The highest BCUT2D eigenvalue weighted by Gasteiger charge is 2.20. The molecule has 0 aliphatic heterocycles. The van der Waals surface area contributed by atoms with Gasteiger partial charge in [-0.05, 0) is 25.0 Å². The zero-order valence-corrected chi connectivity index (χ0v) is 14.4. The van der Waals surface area contributed by atoms with Crippen molar-refractivity contribution in [1.82, 2.24) is 9.88 Å². The molecule has 122 valence electrons. The second-order valence-corrected chi connectivity index (χ2v) is 6.73. The number of benzene rings is 1. The molecule has 0 spiro atoms. The lowest BCUT2D eigenvalue weighted by Gasteiger charge is -2.24. The van der Waals surface area contributed by atoms with Crippen LogP contribution in [0.3, 0.4) is 0 Å². The second kappa shape index (κ2) is 7.87. The van der Waals surface area contributed by atoms with E-state index in [9.17, 15) is 9.59 Å². The van der Waals surface area contributed by atoms with Gasteiger partial charge in [0.1, 0.15) is 6.54 Å². The van der Waals surface area contributed by atoms with E-state index in [2.05, 4.69) is 10.3 Å². The van der Waals surface area contributed by atoms with Gasteiger partial charge in [-0.2, -0.15) is 0 Å². The Morgan fingerprint density at radius 2 is 1.96 bits per heavy atom. The lowest BCUT2D eigenvalue weighted by atomic mass is 10.1. The summed E-state index contributed by atoms with van der Waals surface area (Å²) in [5, 5.41) is 5.05. The maximum absolute atomic E-state index is 12.7. The number of rotatable bonds is 6. The minimum Gasteiger partial charge on any atom is -0.329 e. The minimum atomic E-state index is -0.235. The van der Waals surface area contributed by atoms with Crippen molar-refractivity contribution >= 4 is 28.3 Å². The molecule has 0 fully saturated rings. The number of hydrogen-bond acceptors (Lipinski definition) is 4. The van der Waals surface area contributed by atoms with Crippen LogP contribution < -0.4 is 5.32 Å². The molecule has 0 aliphatic rings. The van der Waals surface area contributed by atoms with E-state index < -0.39 is 0 Å². The first-order valence-corrected chi connectivity index (χ1v) is 8.39. The molecule has 1 N–H and O–H groups in total. The fraction of sp³-hybridized carbons (Fsp3) is 0.353. The van der Waals surface area contributed by atoms with E-state index in [0.717, 1.165) is 5.56 Å². The topological polar surface area (TPSA) is 62.3 Å². The van der Waals surface area contributed by atoms with Gasteiger partial charge in [0.25, 0.3) is 5.91 Å². The average Bonchev–Trinajstić information content (AvgIpc) is 2.99. The van der Waals surface area contributed by atoms with Gasteiger partial charge in [0.05, 0.1) is 0 Å². The van der Waals surface area contributed by atoms with Gasteiger partial charge in [-0.3, -0.25) is 9.59 Å². The molecule has 0 atom stereocenters. The maximum atomic E-state index is 12.7. The first kappa shape index (κ1) is 17.1. The van der Waals surface area contributed by atoms with Gasteiger partial charge in [0, 0.05) is 23.7 Å². The van der Waals surface area contributed by atoms with Gasteiger partial charge >= 0.3 is 0 Å². The van der Waals surface area contributed by atoms with Crippen molar-refractivity contribution in [2.24, 2.45) is 5.92 Å². The van der Waals surface area contributed by atoms with Gasteiger partial charge < -0.3 is 10.2 Å². The van der Waals surface area contributed by atoms with Crippen molar-refractivity contribution in [3.63, 3.8) is 0 Å². The Morgan fingerprint density at radius 3 is 2.52 bits per heavy atom. The highest BCUT2D eigenvalue weighted by atomic mass is 32.1. The van der Waals surface area contributed by atoms with Gasteiger partial charge in [-0.15, -0.1) is 11.3 Å². The number of nitrogens with zero attached hydrogens (tertiary/aromatic N) is 2. The molecule has 1 aromatic heterocycles. The second-order valence-electron chi connectivity index (χ2n) is 5.83. The Balaban J connectivity index is 2.07. The van der Waals surface area contributed by atoms with Crippen molar-refractivity contribution in [1.29, 1.82) is 0 Å². The molecule has 2 aromatic rings. The summed E-state index contributed by atoms with van der Waals surface area (Å²) in [4.78, 5) is 30.4. The van der Waals surface area contributed by atoms with Crippen LogP contribution in [0.4, 0.5) is 5.13 Å². The van der Waals surface area contributed by atoms with E-state index in [4.69, 9.17) is 0 Å². The van der Waals surface area contributed by atoms with Crippen LogP contribution in [0.25, 0.3) is 0 Å². The third-order valence-corrected chi connectivity index (χ3v) is 3.87. The zero-order chi connectivity index (χ0) is 16.8. The number of amides is 2. The molecule has 0 saturated heterocycles. The smallest absolute Gasteiger partial charge is 0.254 e. The van der Waals surface area contributed by atoms with Crippen LogP contribution in [0.15, 0.2) is 35.8 Å². The van der Waals surface area contributed by atoms with Crippen LogP contribution in [-0.2, 0) is 4.79 Å². The van der Waals surface area contributed by atoms with Crippen molar-refractivity contribution in [2.45, 2.75) is 20.8 Å². The quantitative estimate of drug-likeness (QED) is 0.884. The number of aromatic nitrogens is 1. The van der Waals surface area contributed by atoms with Gasteiger partial charge in [-0.25, -0.2) is 4.98 Å². The van der Waals surface area contributed by atoms with Crippen LogP contribution in [-0.4, -0.2) is 34.8 Å². The normalized spacial score (nSPS) is 10.6. The molecule has 0 bridgehead atoms. The lowest BCUT2D eigenvalue weighted by molar-refractivity contribution is -0.117. The lowest BCUT2D eigenvalue weighted by Crippen LogP contribution is -2.40. The van der Waals surface area contributed by atoms with E-state index >= 15 is 0 Å². The first-order chi connectivity index (χ1) is 11.0. The molecule has 2 rings (SSSR count).